The van der Waals surface area contributed by atoms with Crippen molar-refractivity contribution in [1.29, 1.82) is 0 Å². The lowest BCUT2D eigenvalue weighted by Crippen LogP contribution is -2.12. The Kier molecular flexibility index (Phi) is 3.71. The molecule has 86 valence electrons. The van der Waals surface area contributed by atoms with Gasteiger partial charge in [-0.25, -0.2) is 0 Å². The summed E-state index contributed by atoms with van der Waals surface area (Å²) < 4.78 is 0.874. The number of halogens is 1. The fourth-order valence-electron chi connectivity index (χ4n) is 1.47. The van der Waals surface area contributed by atoms with Crippen LogP contribution < -0.4 is 11.1 Å². The molecule has 0 bridgehead atoms. The Morgan fingerprint density at radius 3 is 2.76 bits per heavy atom. The van der Waals surface area contributed by atoms with Crippen molar-refractivity contribution in [2.24, 2.45) is 5.73 Å². The average molecular weight is 308 g/mol. The van der Waals surface area contributed by atoms with Crippen molar-refractivity contribution < 1.29 is 0 Å². The first-order chi connectivity index (χ1) is 8.18. The van der Waals surface area contributed by atoms with E-state index in [9.17, 15) is 0 Å². The van der Waals surface area contributed by atoms with Crippen molar-refractivity contribution in [3.05, 3.63) is 52.8 Å². The molecule has 1 heterocycles. The van der Waals surface area contributed by atoms with Crippen LogP contribution in [0.1, 0.15) is 5.56 Å². The maximum Gasteiger partial charge on any atom is 0.107 e. The van der Waals surface area contributed by atoms with E-state index in [4.69, 9.17) is 18.0 Å². The van der Waals surface area contributed by atoms with Gasteiger partial charge < -0.3 is 11.1 Å². The highest BCUT2D eigenvalue weighted by molar-refractivity contribution is 9.10. The number of nitrogens with two attached hydrogens (primary N) is 1. The van der Waals surface area contributed by atoms with Gasteiger partial charge in [0.05, 0.1) is 11.9 Å². The number of pyridine rings is 1. The fourth-order valence-corrected chi connectivity index (χ4v) is 2.40. The number of anilines is 2. The van der Waals surface area contributed by atoms with Crippen LogP contribution >= 0.6 is 28.1 Å². The van der Waals surface area contributed by atoms with Gasteiger partial charge in [-0.15, -0.1) is 0 Å². The van der Waals surface area contributed by atoms with Crippen molar-refractivity contribution in [3.8, 4) is 0 Å². The van der Waals surface area contributed by atoms with Gasteiger partial charge in [0.25, 0.3) is 0 Å². The second kappa shape index (κ2) is 5.25. The van der Waals surface area contributed by atoms with Crippen molar-refractivity contribution in [2.75, 3.05) is 5.32 Å². The molecule has 2 rings (SSSR count). The van der Waals surface area contributed by atoms with Crippen LogP contribution in [0.4, 0.5) is 11.4 Å². The van der Waals surface area contributed by atoms with Gasteiger partial charge in [-0.3, -0.25) is 4.98 Å². The molecule has 0 spiro atoms. The second-order valence-corrected chi connectivity index (χ2v) is 4.69. The lowest BCUT2D eigenvalue weighted by atomic mass is 10.1. The molecule has 1 aromatic heterocycles. The predicted molar refractivity (Wildman–Crippen MR) is 77.5 cm³/mol. The van der Waals surface area contributed by atoms with Crippen LogP contribution in [-0.4, -0.2) is 9.97 Å². The van der Waals surface area contributed by atoms with Crippen LogP contribution in [0.3, 0.4) is 0 Å². The van der Waals surface area contributed by atoms with Gasteiger partial charge in [0.1, 0.15) is 4.99 Å². The number of nitrogens with one attached hydrogen (secondary N) is 1. The topological polar surface area (TPSA) is 50.9 Å². The van der Waals surface area contributed by atoms with Crippen LogP contribution in [0.25, 0.3) is 0 Å². The van der Waals surface area contributed by atoms with Crippen molar-refractivity contribution in [3.63, 3.8) is 0 Å². The minimum absolute atomic E-state index is 0.351. The first-order valence-corrected chi connectivity index (χ1v) is 6.14. The summed E-state index contributed by atoms with van der Waals surface area (Å²) in [6, 6.07) is 9.54. The number of benzene rings is 1. The number of thiocarbonyl (C=S) groups is 1. The summed E-state index contributed by atoms with van der Waals surface area (Å²) in [6.45, 7) is 0. The van der Waals surface area contributed by atoms with Crippen molar-refractivity contribution >= 4 is 44.5 Å². The molecule has 17 heavy (non-hydrogen) atoms. The highest BCUT2D eigenvalue weighted by atomic mass is 79.9. The van der Waals surface area contributed by atoms with Crippen LogP contribution in [0.15, 0.2) is 47.2 Å². The molecule has 0 radical (unpaired) electrons. The Balaban J connectivity index is 2.40. The molecule has 1 aromatic carbocycles. The molecule has 0 fully saturated rings. The second-order valence-electron chi connectivity index (χ2n) is 3.39. The Labute approximate surface area is 113 Å². The minimum atomic E-state index is 0.351. The first kappa shape index (κ1) is 12.0. The Hall–Kier alpha value is -1.46. The molecule has 0 saturated carbocycles. The van der Waals surface area contributed by atoms with Gasteiger partial charge in [0.2, 0.25) is 0 Å². The molecule has 0 unspecified atom stereocenters. The molecule has 0 aliphatic heterocycles. The Bertz CT molecular complexity index is 543. The maximum atomic E-state index is 5.71. The summed E-state index contributed by atoms with van der Waals surface area (Å²) >= 11 is 8.48. The van der Waals surface area contributed by atoms with Gasteiger partial charge in [-0.05, 0) is 40.2 Å². The summed E-state index contributed by atoms with van der Waals surface area (Å²) in [4.78, 5) is 4.39. The molecule has 2 aromatic rings. The number of hydrogen-bond donors (Lipinski definition) is 2. The highest BCUT2D eigenvalue weighted by Crippen LogP contribution is 2.27. The third-order valence-corrected chi connectivity index (χ3v) is 3.07. The standard InChI is InChI=1S/C12H10BrN3S/c13-9-4-1-5-10(11(9)12(14)17)16-8-3-2-6-15-7-8/h1-7,16H,(H2,14,17). The van der Waals surface area contributed by atoms with E-state index in [0.29, 0.717) is 4.99 Å². The minimum Gasteiger partial charge on any atom is -0.389 e. The Morgan fingerprint density at radius 2 is 2.12 bits per heavy atom. The molecule has 0 aliphatic carbocycles. The lowest BCUT2D eigenvalue weighted by molar-refractivity contribution is 1.32. The zero-order valence-electron chi connectivity index (χ0n) is 8.85. The molecule has 3 nitrogen and oxygen atoms in total. The summed E-state index contributed by atoms with van der Waals surface area (Å²) in [7, 11) is 0. The zero-order chi connectivity index (χ0) is 12.3. The van der Waals surface area contributed by atoms with Crippen LogP contribution in [-0.2, 0) is 0 Å². The number of nitrogens with zero attached hydrogens (tertiary/aromatic N) is 1. The third-order valence-electron chi connectivity index (χ3n) is 2.20. The van der Waals surface area contributed by atoms with E-state index in [1.165, 1.54) is 0 Å². The van der Waals surface area contributed by atoms with Crippen molar-refractivity contribution in [2.45, 2.75) is 0 Å². The number of rotatable bonds is 3. The van der Waals surface area contributed by atoms with Crippen LogP contribution in [0, 0.1) is 0 Å². The van der Waals surface area contributed by atoms with Gasteiger partial charge in [0.15, 0.2) is 0 Å². The van der Waals surface area contributed by atoms with Gasteiger partial charge in [-0.1, -0.05) is 18.3 Å². The molecular weight excluding hydrogens is 298 g/mol. The van der Waals surface area contributed by atoms with E-state index in [1.54, 1.807) is 12.4 Å². The van der Waals surface area contributed by atoms with Crippen molar-refractivity contribution in [1.82, 2.24) is 4.98 Å². The summed E-state index contributed by atoms with van der Waals surface area (Å²) in [6.07, 6.45) is 3.46. The third kappa shape index (κ3) is 2.81. The normalized spacial score (nSPS) is 9.94. The molecule has 0 amide bonds. The van der Waals surface area contributed by atoms with E-state index in [-0.39, 0.29) is 0 Å². The first-order valence-electron chi connectivity index (χ1n) is 4.94. The molecule has 5 heteroatoms. The molecule has 3 N–H and O–H groups in total. The van der Waals surface area contributed by atoms with E-state index < -0.39 is 0 Å². The van der Waals surface area contributed by atoms with E-state index in [2.05, 4.69) is 26.2 Å². The molecule has 0 atom stereocenters. The van der Waals surface area contributed by atoms with Crippen LogP contribution in [0.5, 0.6) is 0 Å². The summed E-state index contributed by atoms with van der Waals surface area (Å²) in [5.41, 5.74) is 8.27. The monoisotopic (exact) mass is 307 g/mol. The summed E-state index contributed by atoms with van der Waals surface area (Å²) in [5.74, 6) is 0. The van der Waals surface area contributed by atoms with Gasteiger partial charge in [-0.2, -0.15) is 0 Å². The van der Waals surface area contributed by atoms with E-state index in [0.717, 1.165) is 21.4 Å². The highest BCUT2D eigenvalue weighted by Gasteiger charge is 2.09. The lowest BCUT2D eigenvalue weighted by Gasteiger charge is -2.12. The molecular formula is C12H10BrN3S. The summed E-state index contributed by atoms with van der Waals surface area (Å²) in [5, 5.41) is 3.23. The SMILES string of the molecule is NC(=S)c1c(Br)cccc1Nc1cccnc1. The quantitative estimate of drug-likeness (QED) is 0.855. The van der Waals surface area contributed by atoms with E-state index >= 15 is 0 Å². The fraction of sp³-hybridized carbons (Fsp3) is 0. The zero-order valence-corrected chi connectivity index (χ0v) is 11.3. The van der Waals surface area contributed by atoms with Crippen LogP contribution in [0.2, 0.25) is 0 Å². The average Bonchev–Trinajstić information content (AvgIpc) is 2.30. The Morgan fingerprint density at radius 1 is 1.29 bits per heavy atom. The number of hydrogen-bond acceptors (Lipinski definition) is 3. The predicted octanol–water partition coefficient (Wildman–Crippen LogP) is 3.22. The van der Waals surface area contributed by atoms with E-state index in [1.807, 2.05) is 30.3 Å². The molecule has 0 saturated heterocycles. The maximum absolute atomic E-state index is 5.71. The largest absolute Gasteiger partial charge is 0.389 e. The van der Waals surface area contributed by atoms with Gasteiger partial charge in [0, 0.05) is 21.9 Å². The smallest absolute Gasteiger partial charge is 0.107 e. The molecule has 0 aliphatic rings. The van der Waals surface area contributed by atoms with Gasteiger partial charge >= 0.3 is 0 Å². The number of aromatic nitrogens is 1.